The van der Waals surface area contributed by atoms with Gasteiger partial charge in [-0.15, -0.1) is 0 Å². The first kappa shape index (κ1) is 26.8. The monoisotopic (exact) mass is 581 g/mol. The molecule has 0 saturated carbocycles. The second-order valence-electron chi connectivity index (χ2n) is 9.84. The van der Waals surface area contributed by atoms with E-state index in [1.807, 2.05) is 0 Å². The van der Waals surface area contributed by atoms with Crippen molar-refractivity contribution in [1.29, 1.82) is 0 Å². The molecule has 0 radical (unpaired) electrons. The van der Waals surface area contributed by atoms with Gasteiger partial charge >= 0.3 is 12.3 Å². The van der Waals surface area contributed by atoms with E-state index in [0.717, 1.165) is 30.7 Å². The number of carbonyl (C=O) groups excluding carboxylic acids is 2. The molecule has 1 atom stereocenters. The molecule has 2 amide bonds. The summed E-state index contributed by atoms with van der Waals surface area (Å²) in [5.41, 5.74) is -0.00452. The number of piperidine rings is 1. The summed E-state index contributed by atoms with van der Waals surface area (Å²) < 4.78 is 45.4. The van der Waals surface area contributed by atoms with Gasteiger partial charge in [-0.2, -0.15) is 13.2 Å². The van der Waals surface area contributed by atoms with E-state index in [1.165, 1.54) is 12.1 Å². The van der Waals surface area contributed by atoms with E-state index >= 15 is 0 Å². The van der Waals surface area contributed by atoms with E-state index in [9.17, 15) is 22.8 Å². The molecular formula is C25H27BrF3N5O3. The van der Waals surface area contributed by atoms with Crippen LogP contribution in [0.1, 0.15) is 49.5 Å². The number of nitrogens with one attached hydrogen (secondary N) is 3. The van der Waals surface area contributed by atoms with E-state index in [-0.39, 0.29) is 11.6 Å². The first-order valence-electron chi connectivity index (χ1n) is 11.7. The third-order valence-electron chi connectivity index (χ3n) is 5.79. The highest BCUT2D eigenvalue weighted by atomic mass is 79.9. The SMILES string of the molecule is CC(C)(C)OC(=O)NC1CCCN(c2c(Br)cnc3[nH]cc(NC(=O)c4cccc(C(F)(F)F)c4)c23)C1. The van der Waals surface area contributed by atoms with Crippen molar-refractivity contribution in [3.63, 3.8) is 0 Å². The van der Waals surface area contributed by atoms with Gasteiger partial charge in [-0.05, 0) is 67.7 Å². The van der Waals surface area contributed by atoms with Crippen molar-refractivity contribution >= 4 is 50.3 Å². The minimum Gasteiger partial charge on any atom is -0.444 e. The molecule has 1 aromatic carbocycles. The molecule has 37 heavy (non-hydrogen) atoms. The summed E-state index contributed by atoms with van der Waals surface area (Å²) in [5, 5.41) is 6.24. The number of benzene rings is 1. The highest BCUT2D eigenvalue weighted by Crippen LogP contribution is 2.39. The third kappa shape index (κ3) is 6.35. The molecule has 0 aliphatic carbocycles. The fourth-order valence-electron chi connectivity index (χ4n) is 4.27. The number of nitrogens with zero attached hydrogens (tertiary/aromatic N) is 2. The number of alkyl carbamates (subject to hydrolysis) is 1. The maximum atomic E-state index is 13.1. The molecule has 3 heterocycles. The fourth-order valence-corrected chi connectivity index (χ4v) is 4.82. The maximum Gasteiger partial charge on any atom is 0.416 e. The number of aromatic nitrogens is 2. The smallest absolute Gasteiger partial charge is 0.416 e. The van der Waals surface area contributed by atoms with Crippen LogP contribution in [0.25, 0.3) is 11.0 Å². The quantitative estimate of drug-likeness (QED) is 0.346. The standard InChI is InChI=1S/C25H27BrF3N5O3/c1-24(2,3)37-23(36)32-16-8-5-9-34(13-16)20-17(26)11-30-21-19(20)18(12-31-21)33-22(35)14-6-4-7-15(10-14)25(27,28)29/h4,6-7,10-12,16H,5,8-9,13H2,1-3H3,(H,30,31)(H,32,36)(H,33,35). The molecule has 4 rings (SSSR count). The molecule has 1 aliphatic heterocycles. The number of amides is 2. The number of ether oxygens (including phenoxy) is 1. The Morgan fingerprint density at radius 1 is 1.24 bits per heavy atom. The minimum atomic E-state index is -4.56. The normalized spacial score (nSPS) is 16.5. The molecule has 8 nitrogen and oxygen atoms in total. The number of aromatic amines is 1. The second kappa shape index (κ2) is 10.2. The Morgan fingerprint density at radius 2 is 2.00 bits per heavy atom. The zero-order chi connectivity index (χ0) is 27.0. The lowest BCUT2D eigenvalue weighted by atomic mass is 10.0. The molecular weight excluding hydrogens is 555 g/mol. The van der Waals surface area contributed by atoms with E-state index in [2.05, 4.69) is 41.4 Å². The second-order valence-corrected chi connectivity index (χ2v) is 10.7. The number of alkyl halides is 3. The van der Waals surface area contributed by atoms with Crippen LogP contribution in [-0.4, -0.2) is 46.7 Å². The van der Waals surface area contributed by atoms with Gasteiger partial charge in [0.1, 0.15) is 11.2 Å². The third-order valence-corrected chi connectivity index (χ3v) is 6.37. The predicted octanol–water partition coefficient (Wildman–Crippen LogP) is 6.09. The van der Waals surface area contributed by atoms with Crippen LogP contribution in [0.2, 0.25) is 0 Å². The van der Waals surface area contributed by atoms with Gasteiger partial charge in [0.25, 0.3) is 5.91 Å². The predicted molar refractivity (Wildman–Crippen MR) is 138 cm³/mol. The molecule has 198 valence electrons. The largest absolute Gasteiger partial charge is 0.444 e. The van der Waals surface area contributed by atoms with E-state index < -0.39 is 29.3 Å². The number of H-pyrrole nitrogens is 1. The van der Waals surface area contributed by atoms with E-state index in [4.69, 9.17) is 4.74 Å². The first-order chi connectivity index (χ1) is 17.3. The number of anilines is 2. The summed E-state index contributed by atoms with van der Waals surface area (Å²) in [6.07, 6.45) is -0.288. The topological polar surface area (TPSA) is 99.3 Å². The molecule has 1 fully saturated rings. The van der Waals surface area contributed by atoms with Gasteiger partial charge in [0.05, 0.1) is 26.8 Å². The average molecular weight is 582 g/mol. The number of halogens is 4. The number of hydrogen-bond acceptors (Lipinski definition) is 5. The van der Waals surface area contributed by atoms with Crippen molar-refractivity contribution in [2.45, 2.75) is 51.4 Å². The first-order valence-corrected chi connectivity index (χ1v) is 12.5. The molecule has 0 spiro atoms. The van der Waals surface area contributed by atoms with Crippen LogP contribution in [0.4, 0.5) is 29.3 Å². The summed E-state index contributed by atoms with van der Waals surface area (Å²) >= 11 is 3.56. The molecule has 2 aromatic heterocycles. The summed E-state index contributed by atoms with van der Waals surface area (Å²) in [6, 6.07) is 4.09. The summed E-state index contributed by atoms with van der Waals surface area (Å²) in [7, 11) is 0. The van der Waals surface area contributed by atoms with Crippen molar-refractivity contribution in [3.8, 4) is 0 Å². The average Bonchev–Trinajstić information content (AvgIpc) is 3.20. The Labute approximate surface area is 220 Å². The summed E-state index contributed by atoms with van der Waals surface area (Å²) in [4.78, 5) is 34.7. The number of carbonyl (C=O) groups is 2. The highest BCUT2D eigenvalue weighted by Gasteiger charge is 2.31. The van der Waals surface area contributed by atoms with Crippen LogP contribution in [0.15, 0.2) is 41.1 Å². The van der Waals surface area contributed by atoms with Crippen LogP contribution in [0.5, 0.6) is 0 Å². The van der Waals surface area contributed by atoms with Gasteiger partial charge in [0.2, 0.25) is 0 Å². The molecule has 1 saturated heterocycles. The van der Waals surface area contributed by atoms with Gasteiger partial charge in [-0.3, -0.25) is 4.79 Å². The highest BCUT2D eigenvalue weighted by molar-refractivity contribution is 9.10. The van der Waals surface area contributed by atoms with E-state index in [0.29, 0.717) is 34.3 Å². The number of fused-ring (bicyclic) bond motifs is 1. The van der Waals surface area contributed by atoms with Crippen molar-refractivity contribution < 1.29 is 27.5 Å². The van der Waals surface area contributed by atoms with Crippen molar-refractivity contribution in [2.75, 3.05) is 23.3 Å². The van der Waals surface area contributed by atoms with Gasteiger partial charge in [-0.25, -0.2) is 9.78 Å². The van der Waals surface area contributed by atoms with Gasteiger partial charge in [0.15, 0.2) is 0 Å². The minimum absolute atomic E-state index is 0.117. The summed E-state index contributed by atoms with van der Waals surface area (Å²) in [5.74, 6) is -0.680. The lowest BCUT2D eigenvalue weighted by molar-refractivity contribution is -0.137. The Morgan fingerprint density at radius 3 is 2.70 bits per heavy atom. The van der Waals surface area contributed by atoms with Crippen LogP contribution < -0.4 is 15.5 Å². The summed E-state index contributed by atoms with van der Waals surface area (Å²) in [6.45, 7) is 6.57. The number of pyridine rings is 1. The maximum absolute atomic E-state index is 13.1. The zero-order valence-corrected chi connectivity index (χ0v) is 22.1. The van der Waals surface area contributed by atoms with Crippen molar-refractivity contribution in [3.05, 3.63) is 52.3 Å². The molecule has 12 heteroatoms. The van der Waals surface area contributed by atoms with Gasteiger partial charge < -0.3 is 25.3 Å². The Hall–Kier alpha value is -3.28. The Kier molecular flexibility index (Phi) is 7.40. The molecule has 1 aliphatic rings. The van der Waals surface area contributed by atoms with E-state index in [1.54, 1.807) is 33.2 Å². The van der Waals surface area contributed by atoms with Gasteiger partial charge in [-0.1, -0.05) is 6.07 Å². The van der Waals surface area contributed by atoms with Crippen LogP contribution in [0.3, 0.4) is 0 Å². The Balaban J connectivity index is 1.60. The van der Waals surface area contributed by atoms with Crippen LogP contribution >= 0.6 is 15.9 Å². The zero-order valence-electron chi connectivity index (χ0n) is 20.5. The molecule has 3 N–H and O–H groups in total. The molecule has 3 aromatic rings. The fraction of sp³-hybridized carbons (Fsp3) is 0.400. The number of rotatable bonds is 4. The lowest BCUT2D eigenvalue weighted by Gasteiger charge is -2.36. The lowest BCUT2D eigenvalue weighted by Crippen LogP contribution is -2.49. The van der Waals surface area contributed by atoms with Crippen LogP contribution in [-0.2, 0) is 10.9 Å². The van der Waals surface area contributed by atoms with Crippen molar-refractivity contribution in [2.24, 2.45) is 0 Å². The van der Waals surface area contributed by atoms with Gasteiger partial charge in [0, 0.05) is 37.1 Å². The molecule has 1 unspecified atom stereocenters. The Bertz CT molecular complexity index is 1320. The van der Waals surface area contributed by atoms with Crippen LogP contribution in [0, 0.1) is 0 Å². The van der Waals surface area contributed by atoms with Crippen molar-refractivity contribution in [1.82, 2.24) is 15.3 Å². The number of hydrogen-bond donors (Lipinski definition) is 3. The molecule has 0 bridgehead atoms.